The highest BCUT2D eigenvalue weighted by molar-refractivity contribution is 6.09. The van der Waals surface area contributed by atoms with Gasteiger partial charge in [0.1, 0.15) is 0 Å². The highest BCUT2D eigenvalue weighted by atomic mass is 15.0. The Morgan fingerprint density at radius 3 is 1.95 bits per heavy atom. The number of para-hydroxylation sites is 2. The van der Waals surface area contributed by atoms with E-state index in [0.29, 0.717) is 0 Å². The van der Waals surface area contributed by atoms with Gasteiger partial charge in [-0.3, -0.25) is 0 Å². The number of nitrogens with zero attached hydrogens (tertiary/aromatic N) is 1. The molecule has 0 aliphatic carbocycles. The maximum Gasteiger partial charge on any atom is 0.0537 e. The Kier molecular flexibility index (Phi) is 2.96. The molecule has 0 N–H and O–H groups in total. The van der Waals surface area contributed by atoms with Gasteiger partial charge in [-0.05, 0) is 32.1 Å². The van der Waals surface area contributed by atoms with Crippen LogP contribution in [-0.4, -0.2) is 4.57 Å². The first-order valence-electron chi connectivity index (χ1n) is 6.61. The molecule has 1 aromatic heterocycles. The summed E-state index contributed by atoms with van der Waals surface area (Å²) in [6.45, 7) is 4.19. The number of aromatic nitrogens is 1. The Morgan fingerprint density at radius 2 is 1.42 bits per heavy atom. The zero-order valence-electron chi connectivity index (χ0n) is 11.3. The Balaban J connectivity index is 2.43. The summed E-state index contributed by atoms with van der Waals surface area (Å²) in [6.07, 6.45) is 6.29. The van der Waals surface area contributed by atoms with E-state index in [9.17, 15) is 0 Å². The zero-order valence-corrected chi connectivity index (χ0v) is 11.3. The number of rotatable bonds is 2. The van der Waals surface area contributed by atoms with Crippen LogP contribution in [0.4, 0.5) is 0 Å². The Labute approximate surface area is 113 Å². The first kappa shape index (κ1) is 11.8. The van der Waals surface area contributed by atoms with Gasteiger partial charge in [-0.2, -0.15) is 0 Å². The number of hydrogen-bond donors (Lipinski definition) is 0. The van der Waals surface area contributed by atoms with Crippen molar-refractivity contribution in [2.75, 3.05) is 0 Å². The molecular weight excluding hydrogens is 230 g/mol. The van der Waals surface area contributed by atoms with Crippen molar-refractivity contribution in [1.82, 2.24) is 4.57 Å². The van der Waals surface area contributed by atoms with Gasteiger partial charge in [0.05, 0.1) is 11.0 Å². The molecule has 1 heterocycles. The molecule has 0 fully saturated rings. The van der Waals surface area contributed by atoms with Crippen LogP contribution >= 0.6 is 0 Å². The van der Waals surface area contributed by atoms with Crippen molar-refractivity contribution in [3.05, 3.63) is 66.8 Å². The van der Waals surface area contributed by atoms with E-state index in [4.69, 9.17) is 0 Å². The van der Waals surface area contributed by atoms with E-state index >= 15 is 0 Å². The fourth-order valence-electron chi connectivity index (χ4n) is 2.61. The minimum absolute atomic E-state index is 1.23. The van der Waals surface area contributed by atoms with Gasteiger partial charge in [-0.25, -0.2) is 0 Å². The molecule has 1 nitrogen and oxygen atoms in total. The smallest absolute Gasteiger partial charge is 0.0537 e. The molecule has 0 radical (unpaired) electrons. The second-order valence-corrected chi connectivity index (χ2v) is 4.70. The summed E-state index contributed by atoms with van der Waals surface area (Å²) in [4.78, 5) is 0. The first-order chi connectivity index (χ1) is 9.33. The van der Waals surface area contributed by atoms with E-state index in [1.165, 1.54) is 27.5 Å². The van der Waals surface area contributed by atoms with Gasteiger partial charge < -0.3 is 4.57 Å². The molecule has 0 atom stereocenters. The summed E-state index contributed by atoms with van der Waals surface area (Å²) in [5.74, 6) is 0. The van der Waals surface area contributed by atoms with E-state index < -0.39 is 0 Å². The van der Waals surface area contributed by atoms with Crippen LogP contribution in [0.1, 0.15) is 13.8 Å². The third kappa shape index (κ3) is 1.88. The predicted octanol–water partition coefficient (Wildman–Crippen LogP) is 5.23. The molecule has 0 amide bonds. The quantitative estimate of drug-likeness (QED) is 0.546. The summed E-state index contributed by atoms with van der Waals surface area (Å²) in [5.41, 5.74) is 3.76. The molecule has 1 heteroatoms. The van der Waals surface area contributed by atoms with Crippen molar-refractivity contribution in [3.8, 4) is 0 Å². The summed E-state index contributed by atoms with van der Waals surface area (Å²) in [5, 5.41) is 2.62. The van der Waals surface area contributed by atoms with E-state index in [1.807, 2.05) is 6.92 Å². The molecule has 0 aliphatic rings. The molecule has 0 aliphatic heterocycles. The Morgan fingerprint density at radius 1 is 0.895 bits per heavy atom. The average Bonchev–Trinajstić information content (AvgIpc) is 2.79. The normalized spacial score (nSPS) is 12.8. The SMILES string of the molecule is C/C=C\C=C(/C)n1c2ccccc2c2ccccc21. The average molecular weight is 247 g/mol. The van der Waals surface area contributed by atoms with Crippen molar-refractivity contribution in [2.24, 2.45) is 0 Å². The molecule has 0 unspecified atom stereocenters. The lowest BCUT2D eigenvalue weighted by Crippen LogP contribution is -1.92. The number of benzene rings is 2. The van der Waals surface area contributed by atoms with Crippen LogP contribution in [0.5, 0.6) is 0 Å². The van der Waals surface area contributed by atoms with Crippen molar-refractivity contribution in [2.45, 2.75) is 13.8 Å². The van der Waals surface area contributed by atoms with Crippen LogP contribution in [-0.2, 0) is 0 Å². The highest BCUT2D eigenvalue weighted by Crippen LogP contribution is 2.31. The molecule has 19 heavy (non-hydrogen) atoms. The number of allylic oxidation sites excluding steroid dienone is 4. The lowest BCUT2D eigenvalue weighted by molar-refractivity contribution is 1.20. The Hall–Kier alpha value is -2.28. The lowest BCUT2D eigenvalue weighted by Gasteiger charge is -2.06. The van der Waals surface area contributed by atoms with Gasteiger partial charge in [0.15, 0.2) is 0 Å². The minimum Gasteiger partial charge on any atom is -0.313 e. The third-order valence-corrected chi connectivity index (χ3v) is 3.46. The summed E-state index contributed by atoms with van der Waals surface area (Å²) in [7, 11) is 0. The van der Waals surface area contributed by atoms with E-state index in [2.05, 4.69) is 78.2 Å². The number of fused-ring (bicyclic) bond motifs is 3. The second-order valence-electron chi connectivity index (χ2n) is 4.70. The molecule has 0 saturated carbocycles. The topological polar surface area (TPSA) is 4.93 Å². The highest BCUT2D eigenvalue weighted by Gasteiger charge is 2.09. The van der Waals surface area contributed by atoms with Crippen molar-refractivity contribution in [1.29, 1.82) is 0 Å². The van der Waals surface area contributed by atoms with Gasteiger partial charge in [0.25, 0.3) is 0 Å². The summed E-state index contributed by atoms with van der Waals surface area (Å²) >= 11 is 0. The molecular formula is C18H17N. The van der Waals surface area contributed by atoms with Crippen LogP contribution in [0.3, 0.4) is 0 Å². The summed E-state index contributed by atoms with van der Waals surface area (Å²) < 4.78 is 2.32. The fourth-order valence-corrected chi connectivity index (χ4v) is 2.61. The fraction of sp³-hybridized carbons (Fsp3) is 0.111. The minimum atomic E-state index is 1.23. The predicted molar refractivity (Wildman–Crippen MR) is 84.2 cm³/mol. The van der Waals surface area contributed by atoms with E-state index in [-0.39, 0.29) is 0 Å². The van der Waals surface area contributed by atoms with Gasteiger partial charge in [-0.1, -0.05) is 48.6 Å². The van der Waals surface area contributed by atoms with Crippen LogP contribution in [0.25, 0.3) is 27.5 Å². The maximum absolute atomic E-state index is 2.32. The first-order valence-corrected chi connectivity index (χ1v) is 6.61. The second kappa shape index (κ2) is 4.77. The molecule has 0 saturated heterocycles. The molecule has 0 bridgehead atoms. The molecule has 0 spiro atoms. The molecule has 2 aromatic carbocycles. The van der Waals surface area contributed by atoms with Gasteiger partial charge >= 0.3 is 0 Å². The monoisotopic (exact) mass is 247 g/mol. The van der Waals surface area contributed by atoms with Gasteiger partial charge in [-0.15, -0.1) is 0 Å². The van der Waals surface area contributed by atoms with Crippen LogP contribution in [0, 0.1) is 0 Å². The molecule has 94 valence electrons. The zero-order chi connectivity index (χ0) is 13.2. The van der Waals surface area contributed by atoms with Crippen LogP contribution in [0.2, 0.25) is 0 Å². The van der Waals surface area contributed by atoms with Crippen LogP contribution in [0.15, 0.2) is 66.8 Å². The van der Waals surface area contributed by atoms with Crippen molar-refractivity contribution < 1.29 is 0 Å². The third-order valence-electron chi connectivity index (χ3n) is 3.46. The van der Waals surface area contributed by atoms with E-state index in [1.54, 1.807) is 0 Å². The van der Waals surface area contributed by atoms with Gasteiger partial charge in [0, 0.05) is 16.5 Å². The van der Waals surface area contributed by atoms with Gasteiger partial charge in [0.2, 0.25) is 0 Å². The van der Waals surface area contributed by atoms with Crippen molar-refractivity contribution in [3.63, 3.8) is 0 Å². The lowest BCUT2D eigenvalue weighted by atomic mass is 10.2. The van der Waals surface area contributed by atoms with E-state index in [0.717, 1.165) is 0 Å². The van der Waals surface area contributed by atoms with Crippen LogP contribution < -0.4 is 0 Å². The molecule has 3 aromatic rings. The Bertz CT molecular complexity index is 734. The summed E-state index contributed by atoms with van der Waals surface area (Å²) in [6, 6.07) is 17.1. The van der Waals surface area contributed by atoms with Crippen molar-refractivity contribution >= 4 is 27.5 Å². The number of hydrogen-bond acceptors (Lipinski definition) is 0. The molecule has 3 rings (SSSR count). The maximum atomic E-state index is 2.32. The largest absolute Gasteiger partial charge is 0.313 e. The standard InChI is InChI=1S/C18H17N/c1-3-4-9-14(2)19-17-12-7-5-10-15(17)16-11-6-8-13-18(16)19/h3-13H,1-2H3/b4-3-,14-9+.